The fourth-order valence-corrected chi connectivity index (χ4v) is 2.59. The maximum atomic E-state index is 12.3. The van der Waals surface area contributed by atoms with Crippen molar-refractivity contribution in [2.75, 3.05) is 12.4 Å². The zero-order valence-electron chi connectivity index (χ0n) is 13.4. The van der Waals surface area contributed by atoms with E-state index in [1.165, 1.54) is 43.4 Å². The molecule has 3 amide bonds. The highest BCUT2D eigenvalue weighted by molar-refractivity contribution is 6.21. The van der Waals surface area contributed by atoms with Gasteiger partial charge in [0.1, 0.15) is 0 Å². The Morgan fingerprint density at radius 3 is 2.44 bits per heavy atom. The molecule has 8 heteroatoms. The Kier molecular flexibility index (Phi) is 3.80. The summed E-state index contributed by atoms with van der Waals surface area (Å²) >= 11 is 0. The van der Waals surface area contributed by atoms with Crippen LogP contribution in [-0.2, 0) is 0 Å². The molecule has 1 aliphatic rings. The first-order chi connectivity index (χ1) is 11.8. The highest BCUT2D eigenvalue weighted by Crippen LogP contribution is 2.25. The third kappa shape index (κ3) is 2.74. The van der Waals surface area contributed by atoms with Crippen molar-refractivity contribution in [1.29, 1.82) is 0 Å². The summed E-state index contributed by atoms with van der Waals surface area (Å²) in [6.45, 7) is 1.58. The number of nitro groups is 1. The van der Waals surface area contributed by atoms with Crippen molar-refractivity contribution >= 4 is 29.1 Å². The van der Waals surface area contributed by atoms with Gasteiger partial charge in [0.2, 0.25) is 0 Å². The van der Waals surface area contributed by atoms with Gasteiger partial charge in [0, 0.05) is 29.9 Å². The molecule has 1 aliphatic heterocycles. The van der Waals surface area contributed by atoms with E-state index in [-0.39, 0.29) is 22.4 Å². The number of hydrogen-bond acceptors (Lipinski definition) is 5. The molecule has 0 fully saturated rings. The number of imide groups is 1. The number of benzene rings is 2. The van der Waals surface area contributed by atoms with Crippen molar-refractivity contribution in [1.82, 2.24) is 4.90 Å². The monoisotopic (exact) mass is 339 g/mol. The minimum Gasteiger partial charge on any atom is -0.322 e. The van der Waals surface area contributed by atoms with E-state index in [1.54, 1.807) is 6.92 Å². The quantitative estimate of drug-likeness (QED) is 0.524. The van der Waals surface area contributed by atoms with Crippen LogP contribution >= 0.6 is 0 Å². The second-order valence-electron chi connectivity index (χ2n) is 5.64. The molecule has 0 atom stereocenters. The highest BCUT2D eigenvalue weighted by atomic mass is 16.6. The lowest BCUT2D eigenvalue weighted by atomic mass is 10.1. The van der Waals surface area contributed by atoms with E-state index in [2.05, 4.69) is 5.32 Å². The Balaban J connectivity index is 1.88. The third-order valence-electron chi connectivity index (χ3n) is 4.02. The minimum absolute atomic E-state index is 0.123. The van der Waals surface area contributed by atoms with Gasteiger partial charge in [-0.3, -0.25) is 29.4 Å². The highest BCUT2D eigenvalue weighted by Gasteiger charge is 2.32. The molecule has 0 bridgehead atoms. The number of amides is 3. The molecule has 0 saturated heterocycles. The van der Waals surface area contributed by atoms with Gasteiger partial charge in [-0.05, 0) is 31.2 Å². The van der Waals surface area contributed by atoms with Gasteiger partial charge in [-0.15, -0.1) is 0 Å². The fraction of sp³-hybridized carbons (Fsp3) is 0.118. The van der Waals surface area contributed by atoms with Gasteiger partial charge < -0.3 is 5.32 Å². The van der Waals surface area contributed by atoms with Gasteiger partial charge >= 0.3 is 0 Å². The summed E-state index contributed by atoms with van der Waals surface area (Å²) in [5.41, 5.74) is 1.23. The first-order valence-corrected chi connectivity index (χ1v) is 7.32. The molecule has 2 aromatic rings. The van der Waals surface area contributed by atoms with E-state index in [1.807, 2.05) is 0 Å². The van der Waals surface area contributed by atoms with Gasteiger partial charge in [0.05, 0.1) is 16.1 Å². The lowest BCUT2D eigenvalue weighted by Gasteiger charge is -2.07. The van der Waals surface area contributed by atoms with Gasteiger partial charge in [-0.1, -0.05) is 6.07 Å². The molecular formula is C17H13N3O5. The molecule has 3 rings (SSSR count). The van der Waals surface area contributed by atoms with E-state index in [4.69, 9.17) is 0 Å². The van der Waals surface area contributed by atoms with Crippen molar-refractivity contribution in [3.63, 3.8) is 0 Å². The molecule has 0 spiro atoms. The Hall–Kier alpha value is -3.55. The maximum Gasteiger partial charge on any atom is 0.273 e. The molecule has 0 radical (unpaired) electrons. The predicted molar refractivity (Wildman–Crippen MR) is 88.7 cm³/mol. The van der Waals surface area contributed by atoms with Crippen LogP contribution in [0.1, 0.15) is 36.6 Å². The number of nitrogens with one attached hydrogen (secondary N) is 1. The molecule has 0 unspecified atom stereocenters. The SMILES string of the molecule is Cc1ccc(C(=O)Nc2ccc3c(c2)C(=O)N(C)C3=O)cc1[N+](=O)[O-]. The van der Waals surface area contributed by atoms with Crippen LogP contribution in [0.3, 0.4) is 0 Å². The van der Waals surface area contributed by atoms with Gasteiger partial charge in [-0.25, -0.2) is 0 Å². The average molecular weight is 339 g/mol. The predicted octanol–water partition coefficient (Wildman–Crippen LogP) is 2.38. The summed E-state index contributed by atoms with van der Waals surface area (Å²) in [7, 11) is 1.38. The second-order valence-corrected chi connectivity index (χ2v) is 5.64. The Bertz CT molecular complexity index is 951. The van der Waals surface area contributed by atoms with Crippen molar-refractivity contribution in [3.8, 4) is 0 Å². The lowest BCUT2D eigenvalue weighted by molar-refractivity contribution is -0.385. The first-order valence-electron chi connectivity index (χ1n) is 7.32. The van der Waals surface area contributed by atoms with Gasteiger partial charge in [-0.2, -0.15) is 0 Å². The van der Waals surface area contributed by atoms with Gasteiger partial charge in [0.25, 0.3) is 23.4 Å². The molecule has 25 heavy (non-hydrogen) atoms. The molecule has 1 N–H and O–H groups in total. The molecule has 0 aromatic heterocycles. The number of nitrogens with zero attached hydrogens (tertiary/aromatic N) is 2. The van der Waals surface area contributed by atoms with Crippen LogP contribution in [0.4, 0.5) is 11.4 Å². The van der Waals surface area contributed by atoms with Crippen molar-refractivity contribution in [3.05, 3.63) is 68.8 Å². The van der Waals surface area contributed by atoms with Crippen LogP contribution in [0.2, 0.25) is 0 Å². The Labute approximate surface area is 142 Å². The van der Waals surface area contributed by atoms with Crippen LogP contribution in [0.25, 0.3) is 0 Å². The number of carbonyl (C=O) groups excluding carboxylic acids is 3. The summed E-state index contributed by atoms with van der Waals surface area (Å²) in [5.74, 6) is -1.39. The average Bonchev–Trinajstić information content (AvgIpc) is 2.79. The zero-order chi connectivity index (χ0) is 18.3. The molecular weight excluding hydrogens is 326 g/mol. The van der Waals surface area contributed by atoms with E-state index in [0.717, 1.165) is 4.90 Å². The van der Waals surface area contributed by atoms with Crippen LogP contribution < -0.4 is 5.32 Å². The third-order valence-corrected chi connectivity index (χ3v) is 4.02. The topological polar surface area (TPSA) is 110 Å². The number of nitro benzene ring substituents is 1. The summed E-state index contributed by atoms with van der Waals surface area (Å²) < 4.78 is 0. The number of carbonyl (C=O) groups is 3. The van der Waals surface area contributed by atoms with Crippen LogP contribution in [0, 0.1) is 17.0 Å². The standard InChI is InChI=1S/C17H13N3O5/c1-9-3-4-10(7-14(9)20(24)25)15(21)18-11-5-6-12-13(8-11)17(23)19(2)16(12)22/h3-8H,1-2H3,(H,18,21). The summed E-state index contributed by atoms with van der Waals surface area (Å²) in [4.78, 5) is 47.6. The van der Waals surface area contributed by atoms with Crippen molar-refractivity contribution in [2.24, 2.45) is 0 Å². The normalized spacial score (nSPS) is 13.0. The van der Waals surface area contributed by atoms with Crippen molar-refractivity contribution < 1.29 is 19.3 Å². The molecule has 0 saturated carbocycles. The Morgan fingerprint density at radius 1 is 1.08 bits per heavy atom. The van der Waals surface area contributed by atoms with Crippen LogP contribution in [0.5, 0.6) is 0 Å². The van der Waals surface area contributed by atoms with E-state index in [9.17, 15) is 24.5 Å². The van der Waals surface area contributed by atoms with Crippen LogP contribution in [0.15, 0.2) is 36.4 Å². The molecule has 1 heterocycles. The van der Waals surface area contributed by atoms with E-state index in [0.29, 0.717) is 11.3 Å². The van der Waals surface area contributed by atoms with E-state index >= 15 is 0 Å². The zero-order valence-corrected chi connectivity index (χ0v) is 13.4. The largest absolute Gasteiger partial charge is 0.322 e. The summed E-state index contributed by atoms with van der Waals surface area (Å²) in [5, 5.41) is 13.6. The number of fused-ring (bicyclic) bond motifs is 1. The molecule has 8 nitrogen and oxygen atoms in total. The summed E-state index contributed by atoms with van der Waals surface area (Å²) in [6.07, 6.45) is 0. The van der Waals surface area contributed by atoms with Crippen molar-refractivity contribution in [2.45, 2.75) is 6.92 Å². The molecule has 2 aromatic carbocycles. The molecule has 126 valence electrons. The number of aryl methyl sites for hydroxylation is 1. The maximum absolute atomic E-state index is 12.3. The van der Waals surface area contributed by atoms with E-state index < -0.39 is 22.6 Å². The smallest absolute Gasteiger partial charge is 0.273 e. The Morgan fingerprint density at radius 2 is 1.76 bits per heavy atom. The van der Waals surface area contributed by atoms with Gasteiger partial charge in [0.15, 0.2) is 0 Å². The molecule has 0 aliphatic carbocycles. The number of rotatable bonds is 3. The minimum atomic E-state index is -0.554. The first kappa shape index (κ1) is 16.3. The summed E-state index contributed by atoms with van der Waals surface area (Å²) in [6, 6.07) is 8.55. The number of hydrogen-bond donors (Lipinski definition) is 1. The second kappa shape index (κ2) is 5.82. The van der Waals surface area contributed by atoms with Crippen LogP contribution in [-0.4, -0.2) is 34.6 Å². The lowest BCUT2D eigenvalue weighted by Crippen LogP contribution is -2.24. The fourth-order valence-electron chi connectivity index (χ4n) is 2.59. The number of anilines is 1.